The molecule has 0 radical (unpaired) electrons. The average molecular weight is 826 g/mol. The van der Waals surface area contributed by atoms with Crippen LogP contribution in [0.15, 0.2) is 24.3 Å². The molecule has 3 heterocycles. The van der Waals surface area contributed by atoms with Crippen molar-refractivity contribution in [2.75, 3.05) is 21.2 Å². The quantitative estimate of drug-likeness (QED) is 0.215. The molecule has 3 fully saturated rings. The van der Waals surface area contributed by atoms with E-state index in [0.717, 1.165) is 7.11 Å². The number of Topliss-reactive ketones (excluding diaryl/α,β-unsaturated/α-hetero) is 1. The van der Waals surface area contributed by atoms with Gasteiger partial charge in [-0.2, -0.15) is 0 Å². The van der Waals surface area contributed by atoms with Crippen LogP contribution in [0.5, 0.6) is 11.5 Å². The van der Waals surface area contributed by atoms with Crippen molar-refractivity contribution in [3.63, 3.8) is 0 Å². The zero-order valence-electron chi connectivity index (χ0n) is 34.4. The predicted octanol–water partition coefficient (Wildman–Crippen LogP) is 3.55. The predicted molar refractivity (Wildman–Crippen MR) is 206 cm³/mol. The lowest BCUT2D eigenvalue weighted by Crippen LogP contribution is -2.57. The molecule has 16 heteroatoms. The first-order valence-corrected chi connectivity index (χ1v) is 20.3. The number of carbonyl (C=O) groups is 4. The minimum absolute atomic E-state index is 0.0416. The van der Waals surface area contributed by atoms with E-state index in [4.69, 9.17) is 33.2 Å². The maximum atomic E-state index is 14.0. The van der Waals surface area contributed by atoms with Crippen LogP contribution >= 0.6 is 0 Å². The number of rotatable bonds is 10. The molecule has 7 rings (SSSR count). The summed E-state index contributed by atoms with van der Waals surface area (Å²) in [4.78, 5) is 56.0. The number of aromatic hydroxyl groups is 2. The Hall–Kier alpha value is -3.84. The van der Waals surface area contributed by atoms with Crippen LogP contribution in [0.3, 0.4) is 0 Å². The second-order valence-electron chi connectivity index (χ2n) is 16.9. The number of benzene rings is 2. The van der Waals surface area contributed by atoms with E-state index in [9.17, 15) is 39.6 Å². The SMILES string of the molecule is COC(=O)C1c2cc3c(c(O)c2C(OC2CC(N(C)C)C(OC4CCC(OC5CCC(O)C(C)O5)C(C)O4)C(C)O2)CC1(O)CC(C)=O)C(=O)c1c(O)cccc1C3=O. The molecule has 3 saturated heterocycles. The van der Waals surface area contributed by atoms with Crippen molar-refractivity contribution in [3.8, 4) is 11.5 Å². The second kappa shape index (κ2) is 16.9. The Morgan fingerprint density at radius 1 is 0.864 bits per heavy atom. The summed E-state index contributed by atoms with van der Waals surface area (Å²) >= 11 is 0. The van der Waals surface area contributed by atoms with Gasteiger partial charge < -0.3 is 58.5 Å². The molecule has 59 heavy (non-hydrogen) atoms. The van der Waals surface area contributed by atoms with Gasteiger partial charge >= 0.3 is 5.97 Å². The number of likely N-dealkylation sites (N-methyl/N-ethyl adjacent to an activating group) is 1. The first kappa shape index (κ1) is 43.3. The normalized spacial score (nSPS) is 35.8. The summed E-state index contributed by atoms with van der Waals surface area (Å²) in [5.74, 6) is -5.52. The number of phenols is 2. The molecule has 0 aromatic heterocycles. The first-order valence-electron chi connectivity index (χ1n) is 20.3. The maximum Gasteiger partial charge on any atom is 0.316 e. The molecule has 4 N–H and O–H groups in total. The van der Waals surface area contributed by atoms with Crippen LogP contribution in [0.4, 0.5) is 0 Å². The highest BCUT2D eigenvalue weighted by atomic mass is 16.7. The minimum atomic E-state index is -2.10. The van der Waals surface area contributed by atoms with E-state index in [1.165, 1.54) is 31.2 Å². The van der Waals surface area contributed by atoms with E-state index in [0.29, 0.717) is 25.7 Å². The summed E-state index contributed by atoms with van der Waals surface area (Å²) in [6.45, 7) is 6.85. The third-order valence-electron chi connectivity index (χ3n) is 12.5. The van der Waals surface area contributed by atoms with Crippen LogP contribution in [-0.2, 0) is 42.7 Å². The molecule has 3 aliphatic heterocycles. The van der Waals surface area contributed by atoms with Gasteiger partial charge in [-0.25, -0.2) is 0 Å². The number of aliphatic hydroxyl groups excluding tert-OH is 1. The molecule has 0 amide bonds. The lowest BCUT2D eigenvalue weighted by atomic mass is 9.66. The molecule has 2 aromatic carbocycles. The van der Waals surface area contributed by atoms with Crippen LogP contribution < -0.4 is 0 Å². The number of aliphatic hydroxyl groups is 2. The largest absolute Gasteiger partial charge is 0.507 e. The van der Waals surface area contributed by atoms with Crippen molar-refractivity contribution in [1.29, 1.82) is 0 Å². The smallest absolute Gasteiger partial charge is 0.316 e. The summed E-state index contributed by atoms with van der Waals surface area (Å²) in [5, 5.41) is 44.9. The van der Waals surface area contributed by atoms with Crippen molar-refractivity contribution in [2.24, 2.45) is 0 Å². The van der Waals surface area contributed by atoms with Crippen LogP contribution in [0.1, 0.15) is 128 Å². The van der Waals surface area contributed by atoms with Gasteiger partial charge in [0.15, 0.2) is 24.7 Å². The first-order chi connectivity index (χ1) is 27.9. The molecule has 0 bridgehead atoms. The van der Waals surface area contributed by atoms with E-state index in [2.05, 4.69) is 0 Å². The van der Waals surface area contributed by atoms with E-state index in [-0.39, 0.29) is 70.6 Å². The van der Waals surface area contributed by atoms with E-state index in [1.54, 1.807) is 0 Å². The number of phenolic OH excluding ortho intramolecular Hbond substituents is 2. The number of hydrogen-bond donors (Lipinski definition) is 4. The van der Waals surface area contributed by atoms with Gasteiger partial charge in [0.05, 0.1) is 60.5 Å². The fourth-order valence-electron chi connectivity index (χ4n) is 9.56. The zero-order valence-corrected chi connectivity index (χ0v) is 34.4. The zero-order chi connectivity index (χ0) is 42.7. The highest BCUT2D eigenvalue weighted by molar-refractivity contribution is 6.30. The van der Waals surface area contributed by atoms with E-state index in [1.807, 2.05) is 39.8 Å². The number of hydrogen-bond acceptors (Lipinski definition) is 16. The van der Waals surface area contributed by atoms with Gasteiger partial charge in [-0.1, -0.05) is 12.1 Å². The minimum Gasteiger partial charge on any atom is -0.507 e. The third kappa shape index (κ3) is 8.19. The number of fused-ring (bicyclic) bond motifs is 3. The maximum absolute atomic E-state index is 14.0. The van der Waals surface area contributed by atoms with E-state index >= 15 is 0 Å². The fraction of sp³-hybridized carbons (Fsp3) is 0.628. The van der Waals surface area contributed by atoms with Crippen LogP contribution in [-0.4, -0.2) is 137 Å². The number of nitrogens with zero attached hydrogens (tertiary/aromatic N) is 1. The summed E-state index contributed by atoms with van der Waals surface area (Å²) < 4.78 is 43.2. The molecule has 16 nitrogen and oxygen atoms in total. The molecule has 13 atom stereocenters. The summed E-state index contributed by atoms with van der Waals surface area (Å²) in [6, 6.07) is 5.02. The van der Waals surface area contributed by atoms with Gasteiger partial charge in [0.1, 0.15) is 29.3 Å². The summed E-state index contributed by atoms with van der Waals surface area (Å²) in [7, 11) is 4.90. The van der Waals surface area contributed by atoms with Crippen LogP contribution in [0.2, 0.25) is 0 Å². The molecule has 13 unspecified atom stereocenters. The van der Waals surface area contributed by atoms with E-state index < -0.39 is 96.0 Å². The highest BCUT2D eigenvalue weighted by Crippen LogP contribution is 2.54. The van der Waals surface area contributed by atoms with Crippen LogP contribution in [0, 0.1) is 0 Å². The molecule has 2 aromatic rings. The Morgan fingerprint density at radius 2 is 1.54 bits per heavy atom. The van der Waals surface area contributed by atoms with Crippen molar-refractivity contribution in [2.45, 2.75) is 152 Å². The highest BCUT2D eigenvalue weighted by Gasteiger charge is 2.54. The Kier molecular flexibility index (Phi) is 12.4. The second-order valence-corrected chi connectivity index (χ2v) is 16.9. The number of esters is 1. The average Bonchev–Trinajstić information content (AvgIpc) is 3.16. The van der Waals surface area contributed by atoms with Crippen molar-refractivity contribution in [3.05, 3.63) is 57.6 Å². The van der Waals surface area contributed by atoms with Crippen molar-refractivity contribution in [1.82, 2.24) is 4.90 Å². The van der Waals surface area contributed by atoms with Gasteiger partial charge in [0, 0.05) is 54.8 Å². The Labute approximate surface area is 342 Å². The number of carbonyl (C=O) groups excluding carboxylic acids is 4. The monoisotopic (exact) mass is 825 g/mol. The standard InChI is InChI=1S/C43H55NO15/c1-19(45)17-43(52)18-30(35-24(37(43)42(51)53-7)15-25-36(40(35)50)39(49)34-23(38(25)48)9-8-10-28(34)47)58-33-16-26(44(5)6)41(22(4)56-33)59-32-14-12-29(21(3)55-32)57-31-13-11-27(46)20(2)54-31/h8-10,15,20-22,26-27,29-33,37,41,46-47,50,52H,11-14,16-18H2,1-7H3. The molecule has 0 saturated carbocycles. The molecule has 0 spiro atoms. The summed E-state index contributed by atoms with van der Waals surface area (Å²) in [5.41, 5.74) is -3.18. The Bertz CT molecular complexity index is 1970. The lowest BCUT2D eigenvalue weighted by molar-refractivity contribution is -0.314. The molecular weight excluding hydrogens is 770 g/mol. The van der Waals surface area contributed by atoms with Gasteiger partial charge in [0.25, 0.3) is 0 Å². The lowest BCUT2D eigenvalue weighted by Gasteiger charge is -2.48. The van der Waals surface area contributed by atoms with Gasteiger partial charge in [-0.05, 0) is 72.3 Å². The number of methoxy groups -OCH3 is 1. The van der Waals surface area contributed by atoms with Gasteiger partial charge in [-0.15, -0.1) is 0 Å². The molecule has 2 aliphatic carbocycles. The van der Waals surface area contributed by atoms with Gasteiger partial charge in [-0.3, -0.25) is 19.2 Å². The Balaban J connectivity index is 1.15. The third-order valence-corrected chi connectivity index (χ3v) is 12.5. The fourth-order valence-corrected chi connectivity index (χ4v) is 9.56. The number of ether oxygens (including phenoxy) is 7. The van der Waals surface area contributed by atoms with Crippen molar-refractivity contribution >= 4 is 23.3 Å². The van der Waals surface area contributed by atoms with Crippen molar-refractivity contribution < 1.29 is 72.8 Å². The van der Waals surface area contributed by atoms with Gasteiger partial charge in [0.2, 0.25) is 5.78 Å². The Morgan fingerprint density at radius 3 is 2.20 bits per heavy atom. The molecule has 322 valence electrons. The molecular formula is C43H55NO15. The summed E-state index contributed by atoms with van der Waals surface area (Å²) in [6.07, 6.45) is -3.91. The number of ketones is 3. The molecule has 5 aliphatic rings. The topological polar surface area (TPSA) is 217 Å². The van der Waals surface area contributed by atoms with Crippen LogP contribution in [0.25, 0.3) is 0 Å².